The van der Waals surface area contributed by atoms with Crippen molar-refractivity contribution in [2.75, 3.05) is 7.11 Å². The third-order valence-electron chi connectivity index (χ3n) is 2.20. The summed E-state index contributed by atoms with van der Waals surface area (Å²) < 4.78 is 10.0. The lowest BCUT2D eigenvalue weighted by molar-refractivity contribution is 0.0680. The molecule has 2 rings (SSSR count). The molecule has 0 unspecified atom stereocenters. The fourth-order valence-corrected chi connectivity index (χ4v) is 1.41. The van der Waals surface area contributed by atoms with Crippen molar-refractivity contribution in [2.24, 2.45) is 0 Å². The van der Waals surface area contributed by atoms with Gasteiger partial charge in [0.2, 0.25) is 0 Å². The van der Waals surface area contributed by atoms with Gasteiger partial charge in [0.05, 0.1) is 12.7 Å². The predicted octanol–water partition coefficient (Wildman–Crippen LogP) is 1.75. The van der Waals surface area contributed by atoms with E-state index in [0.717, 1.165) is 5.56 Å². The van der Waals surface area contributed by atoms with E-state index in [1.807, 2.05) is 13.0 Å². The Balaban J connectivity index is 2.51. The predicted molar refractivity (Wildman–Crippen MR) is 58.0 cm³/mol. The molecule has 0 amide bonds. The number of aryl methyl sites for hydroxylation is 1. The first kappa shape index (κ1) is 11.1. The zero-order chi connectivity index (χ0) is 12.4. The van der Waals surface area contributed by atoms with Gasteiger partial charge in [0.25, 0.3) is 11.7 Å². The Morgan fingerprint density at radius 1 is 1.47 bits per heavy atom. The van der Waals surface area contributed by atoms with Crippen molar-refractivity contribution in [1.82, 2.24) is 10.1 Å². The molecule has 1 aromatic heterocycles. The maximum absolute atomic E-state index is 10.7. The number of aromatic carboxylic acids is 1. The van der Waals surface area contributed by atoms with Gasteiger partial charge < -0.3 is 14.4 Å². The SMILES string of the molecule is COc1ccc(C)cc1-c1nc(C(=O)O)no1. The summed E-state index contributed by atoms with van der Waals surface area (Å²) in [6, 6.07) is 5.42. The van der Waals surface area contributed by atoms with E-state index in [1.165, 1.54) is 7.11 Å². The van der Waals surface area contributed by atoms with Gasteiger partial charge in [-0.25, -0.2) is 4.79 Å². The van der Waals surface area contributed by atoms with Crippen LogP contribution in [0.15, 0.2) is 22.7 Å². The van der Waals surface area contributed by atoms with Crippen LogP contribution in [0.4, 0.5) is 0 Å². The van der Waals surface area contributed by atoms with Gasteiger partial charge >= 0.3 is 5.97 Å². The molecular formula is C11H10N2O4. The maximum Gasteiger partial charge on any atom is 0.377 e. The van der Waals surface area contributed by atoms with Gasteiger partial charge in [0, 0.05) is 0 Å². The summed E-state index contributed by atoms with van der Waals surface area (Å²) in [4.78, 5) is 14.4. The smallest absolute Gasteiger partial charge is 0.377 e. The summed E-state index contributed by atoms with van der Waals surface area (Å²) in [5.41, 5.74) is 1.56. The number of hydrogen-bond acceptors (Lipinski definition) is 5. The van der Waals surface area contributed by atoms with Crippen LogP contribution in [0.2, 0.25) is 0 Å². The molecule has 88 valence electrons. The van der Waals surface area contributed by atoms with Crippen LogP contribution in [0.3, 0.4) is 0 Å². The Labute approximate surface area is 96.8 Å². The van der Waals surface area contributed by atoms with E-state index < -0.39 is 5.97 Å². The van der Waals surface area contributed by atoms with Crippen molar-refractivity contribution >= 4 is 5.97 Å². The number of carboxylic acids is 1. The van der Waals surface area contributed by atoms with Crippen molar-refractivity contribution in [3.05, 3.63) is 29.6 Å². The molecule has 0 atom stereocenters. The van der Waals surface area contributed by atoms with Crippen LogP contribution in [-0.2, 0) is 0 Å². The van der Waals surface area contributed by atoms with Crippen molar-refractivity contribution in [3.8, 4) is 17.2 Å². The third kappa shape index (κ3) is 2.10. The van der Waals surface area contributed by atoms with Crippen LogP contribution in [0.1, 0.15) is 16.2 Å². The first-order valence-corrected chi connectivity index (χ1v) is 4.84. The highest BCUT2D eigenvalue weighted by Gasteiger charge is 2.17. The number of carboxylic acid groups (broad SMARTS) is 1. The minimum atomic E-state index is -1.23. The number of benzene rings is 1. The molecule has 6 nitrogen and oxygen atoms in total. The number of carbonyl (C=O) groups is 1. The van der Waals surface area contributed by atoms with Gasteiger partial charge in [-0.2, -0.15) is 4.98 Å². The first-order chi connectivity index (χ1) is 8.11. The van der Waals surface area contributed by atoms with Gasteiger partial charge in [-0.05, 0) is 24.2 Å². The zero-order valence-electron chi connectivity index (χ0n) is 9.30. The van der Waals surface area contributed by atoms with Gasteiger partial charge in [-0.1, -0.05) is 11.6 Å². The van der Waals surface area contributed by atoms with Crippen LogP contribution in [-0.4, -0.2) is 28.3 Å². The number of rotatable bonds is 3. The molecular weight excluding hydrogens is 224 g/mol. The highest BCUT2D eigenvalue weighted by molar-refractivity contribution is 5.83. The lowest BCUT2D eigenvalue weighted by Crippen LogP contribution is -1.98. The van der Waals surface area contributed by atoms with E-state index in [1.54, 1.807) is 12.1 Å². The Kier molecular flexibility index (Phi) is 2.78. The third-order valence-corrected chi connectivity index (χ3v) is 2.20. The Bertz CT molecular complexity index is 562. The van der Waals surface area contributed by atoms with E-state index in [-0.39, 0.29) is 11.7 Å². The summed E-state index contributed by atoms with van der Waals surface area (Å²) in [6.45, 7) is 1.90. The Hall–Kier alpha value is -2.37. The molecule has 0 aliphatic heterocycles. The lowest BCUT2D eigenvalue weighted by Gasteiger charge is -2.05. The standard InChI is InChI=1S/C11H10N2O4/c1-6-3-4-8(16-2)7(5-6)10-12-9(11(14)15)13-17-10/h3-5H,1-2H3,(H,14,15). The monoisotopic (exact) mass is 234 g/mol. The highest BCUT2D eigenvalue weighted by Crippen LogP contribution is 2.29. The molecule has 0 spiro atoms. The van der Waals surface area contributed by atoms with Gasteiger partial charge in [-0.3, -0.25) is 0 Å². The summed E-state index contributed by atoms with van der Waals surface area (Å²) in [5.74, 6) is -0.922. The summed E-state index contributed by atoms with van der Waals surface area (Å²) in [7, 11) is 1.52. The molecule has 0 saturated heterocycles. The molecule has 1 heterocycles. The summed E-state index contributed by atoms with van der Waals surface area (Å²) >= 11 is 0. The minimum absolute atomic E-state index is 0.128. The van der Waals surface area contributed by atoms with E-state index in [0.29, 0.717) is 11.3 Å². The number of aromatic nitrogens is 2. The summed E-state index contributed by atoms with van der Waals surface area (Å²) in [6.07, 6.45) is 0. The number of methoxy groups -OCH3 is 1. The van der Waals surface area contributed by atoms with Crippen molar-refractivity contribution in [3.63, 3.8) is 0 Å². The van der Waals surface area contributed by atoms with Gasteiger partial charge in [0.1, 0.15) is 5.75 Å². The second kappa shape index (κ2) is 4.25. The van der Waals surface area contributed by atoms with Crippen LogP contribution in [0.5, 0.6) is 5.75 Å². The van der Waals surface area contributed by atoms with Gasteiger partial charge in [0.15, 0.2) is 0 Å². The molecule has 2 aromatic rings. The largest absolute Gasteiger partial charge is 0.496 e. The summed E-state index contributed by atoms with van der Waals surface area (Å²) in [5, 5.41) is 12.1. The number of hydrogen-bond donors (Lipinski definition) is 1. The molecule has 0 aliphatic carbocycles. The zero-order valence-corrected chi connectivity index (χ0v) is 9.30. The molecule has 0 bridgehead atoms. The molecule has 6 heteroatoms. The highest BCUT2D eigenvalue weighted by atomic mass is 16.5. The molecule has 17 heavy (non-hydrogen) atoms. The number of nitrogens with zero attached hydrogens (tertiary/aromatic N) is 2. The topological polar surface area (TPSA) is 85.5 Å². The molecule has 0 aliphatic rings. The van der Waals surface area contributed by atoms with Crippen LogP contribution in [0, 0.1) is 6.92 Å². The molecule has 0 saturated carbocycles. The molecule has 0 radical (unpaired) electrons. The first-order valence-electron chi connectivity index (χ1n) is 4.84. The van der Waals surface area contributed by atoms with Gasteiger partial charge in [-0.15, -0.1) is 0 Å². The number of ether oxygens (including phenoxy) is 1. The fraction of sp³-hybridized carbons (Fsp3) is 0.182. The average Bonchev–Trinajstić information content (AvgIpc) is 2.78. The van der Waals surface area contributed by atoms with Crippen LogP contribution >= 0.6 is 0 Å². The maximum atomic E-state index is 10.7. The van der Waals surface area contributed by atoms with E-state index >= 15 is 0 Å². The van der Waals surface area contributed by atoms with E-state index in [9.17, 15) is 4.79 Å². The quantitative estimate of drug-likeness (QED) is 0.870. The van der Waals surface area contributed by atoms with E-state index in [4.69, 9.17) is 14.4 Å². The van der Waals surface area contributed by atoms with Crippen molar-refractivity contribution in [2.45, 2.75) is 6.92 Å². The Morgan fingerprint density at radius 2 is 2.24 bits per heavy atom. The van der Waals surface area contributed by atoms with Crippen molar-refractivity contribution in [1.29, 1.82) is 0 Å². The average molecular weight is 234 g/mol. The molecule has 1 aromatic carbocycles. The second-order valence-electron chi connectivity index (χ2n) is 3.43. The van der Waals surface area contributed by atoms with Crippen molar-refractivity contribution < 1.29 is 19.2 Å². The minimum Gasteiger partial charge on any atom is -0.496 e. The normalized spacial score (nSPS) is 10.2. The second-order valence-corrected chi connectivity index (χ2v) is 3.43. The Morgan fingerprint density at radius 3 is 2.82 bits per heavy atom. The molecule has 0 fully saturated rings. The fourth-order valence-electron chi connectivity index (χ4n) is 1.41. The lowest BCUT2D eigenvalue weighted by atomic mass is 10.1. The van der Waals surface area contributed by atoms with Crippen LogP contribution in [0.25, 0.3) is 11.5 Å². The van der Waals surface area contributed by atoms with E-state index in [2.05, 4.69) is 10.1 Å². The molecule has 1 N–H and O–H groups in total. The van der Waals surface area contributed by atoms with Crippen LogP contribution < -0.4 is 4.74 Å².